The Kier molecular flexibility index (Phi) is 71.9. The summed E-state index contributed by atoms with van der Waals surface area (Å²) in [4.78, 5) is 3.39. The fraction of sp³-hybridized carbons (Fsp3) is 0.667. The minimum Gasteiger partial charge on any atom is -0.744 e. The van der Waals surface area contributed by atoms with Gasteiger partial charge in [-0.3, -0.25) is 0 Å². The van der Waals surface area contributed by atoms with Gasteiger partial charge in [0.25, 0.3) is 0 Å². The van der Waals surface area contributed by atoms with Crippen LogP contribution in [0.25, 0.3) is 0 Å². The first-order valence-electron chi connectivity index (χ1n) is 59.0. The highest BCUT2D eigenvalue weighted by Gasteiger charge is 2.27. The van der Waals surface area contributed by atoms with E-state index in [1.165, 1.54) is 418 Å². The van der Waals surface area contributed by atoms with E-state index >= 15 is 0 Å². The summed E-state index contributed by atoms with van der Waals surface area (Å²) in [5, 5.41) is 16.1. The fourth-order valence-electron chi connectivity index (χ4n) is 18.9. The molecule has 0 saturated carbocycles. The highest BCUT2D eigenvalue weighted by atomic mass is 32.2. The van der Waals surface area contributed by atoms with E-state index in [-0.39, 0.29) is 9.79 Å². The zero-order chi connectivity index (χ0) is 107. The first-order valence-corrected chi connectivity index (χ1v) is 61.8. The largest absolute Gasteiger partial charge is 0.744 e. The molecule has 148 heavy (non-hydrogen) atoms. The zero-order valence-corrected chi connectivity index (χ0v) is 97.3. The van der Waals surface area contributed by atoms with Gasteiger partial charge in [0.2, 0.25) is 11.5 Å². The molecule has 0 amide bonds. The zero-order valence-electron chi connectivity index (χ0n) is 95.6. The van der Waals surface area contributed by atoms with Gasteiger partial charge >= 0.3 is 0 Å². The summed E-state index contributed by atoms with van der Waals surface area (Å²) in [6.07, 6.45) is 78.5. The van der Waals surface area contributed by atoms with Gasteiger partial charge in [-0.2, -0.15) is 20.5 Å². The molecule has 0 aliphatic heterocycles. The van der Waals surface area contributed by atoms with E-state index in [2.05, 4.69) is 139 Å². The van der Waals surface area contributed by atoms with Gasteiger partial charge in [0.15, 0.2) is 23.0 Å². The minimum absolute atomic E-state index is 0.281. The molecule has 0 spiro atoms. The average molecular weight is 2090 g/mol. The summed E-state index contributed by atoms with van der Waals surface area (Å²) in [6, 6.07) is 44.3. The van der Waals surface area contributed by atoms with Gasteiger partial charge in [0.1, 0.15) is 46.4 Å². The van der Waals surface area contributed by atoms with Gasteiger partial charge in [-0.25, -0.2) is 16.8 Å². The summed E-state index contributed by atoms with van der Waals surface area (Å²) in [5.74, 6) is 5.12. The molecule has 7 aromatic carbocycles. The Bertz CT molecular complexity index is 4370. The Morgan fingerprint density at radius 1 is 0.230 bits per heavy atom. The van der Waals surface area contributed by atoms with Crippen LogP contribution in [0.4, 0.5) is 34.1 Å². The molecule has 22 heteroatoms. The molecule has 834 valence electrons. The SMILES string of the molecule is CCCCCCCCCCCCOc1cc(C[N+](C)(C)Cc2cccc(C[N+](C)(C)Cc3cc(OCCCCCCCCCCCC)c(OCCCCCCCCCCCC)c(OCCCCCCCCCCCC)c3)c2)cc(OCCCCCCCCCCCC)c1OCCCCCCCCCCCC.CN(C)c1ccc(N=Nc2ccc(S(=O)(=O)[O-])cc2)cc1.CN(C)c1ccc(N=Nc2ccc(S(=O)(=O)[O-])cc2)cc1. The van der Waals surface area contributed by atoms with Crippen LogP contribution in [0, 0.1) is 0 Å². The van der Waals surface area contributed by atoms with Gasteiger partial charge in [-0.05, 0) is 166 Å². The Morgan fingerprint density at radius 2 is 0.405 bits per heavy atom. The van der Waals surface area contributed by atoms with Gasteiger partial charge in [-0.1, -0.05) is 406 Å². The molecule has 0 unspecified atom stereocenters. The lowest BCUT2D eigenvalue weighted by atomic mass is 10.1. The van der Waals surface area contributed by atoms with Gasteiger partial charge in [0, 0.05) is 61.8 Å². The van der Waals surface area contributed by atoms with Crippen LogP contribution < -0.4 is 38.2 Å². The Hall–Kier alpha value is -8.12. The van der Waals surface area contributed by atoms with E-state index in [1.54, 1.807) is 0 Å². The topological polar surface area (TPSA) is 226 Å². The van der Waals surface area contributed by atoms with E-state index < -0.39 is 20.2 Å². The molecule has 0 aliphatic rings. The predicted molar refractivity (Wildman–Crippen MR) is 621 cm³/mol. The number of hydrogen-bond acceptors (Lipinski definition) is 18. The maximum absolute atomic E-state index is 10.8. The number of rotatable bonds is 88. The van der Waals surface area contributed by atoms with Gasteiger partial charge in [-0.15, -0.1) is 0 Å². The smallest absolute Gasteiger partial charge is 0.203 e. The van der Waals surface area contributed by atoms with E-state index in [9.17, 15) is 25.9 Å². The Morgan fingerprint density at radius 3 is 0.595 bits per heavy atom. The second-order valence-corrected chi connectivity index (χ2v) is 46.2. The van der Waals surface area contributed by atoms with Crippen molar-refractivity contribution < 1.29 is 63.3 Å². The summed E-state index contributed by atoms with van der Waals surface area (Å²) < 4.78 is 108. The van der Waals surface area contributed by atoms with Crippen LogP contribution in [0.3, 0.4) is 0 Å². The molecule has 7 rings (SSSR count). The van der Waals surface area contributed by atoms with Crippen molar-refractivity contribution in [1.82, 2.24) is 0 Å². The third kappa shape index (κ3) is 63.4. The molecule has 7 aromatic rings. The summed E-state index contributed by atoms with van der Waals surface area (Å²) in [6.45, 7) is 21.6. The number of anilines is 2. The van der Waals surface area contributed by atoms with Crippen LogP contribution in [-0.2, 0) is 46.4 Å². The second-order valence-electron chi connectivity index (χ2n) is 43.5. The number of ether oxygens (including phenoxy) is 6. The molecule has 0 heterocycles. The fourth-order valence-corrected chi connectivity index (χ4v) is 19.9. The number of unbranched alkanes of at least 4 members (excludes halogenated alkanes) is 54. The lowest BCUT2D eigenvalue weighted by Gasteiger charge is -2.32. The molecule has 0 aromatic heterocycles. The number of benzene rings is 7. The molecule has 0 aliphatic carbocycles. The third-order valence-electron chi connectivity index (χ3n) is 27.7. The molecule has 0 fully saturated rings. The quantitative estimate of drug-likeness (QED) is 0.0150. The van der Waals surface area contributed by atoms with Crippen LogP contribution in [-0.4, -0.2) is 131 Å². The first-order chi connectivity index (χ1) is 71.7. The Labute approximate surface area is 903 Å². The number of azo groups is 2. The summed E-state index contributed by atoms with van der Waals surface area (Å²) in [5.41, 5.74) is 9.63. The van der Waals surface area contributed by atoms with E-state index in [0.717, 1.165) is 120 Å². The van der Waals surface area contributed by atoms with Crippen LogP contribution in [0.2, 0.25) is 0 Å². The van der Waals surface area contributed by atoms with Gasteiger partial charge in [0.05, 0.1) is 100 Å². The summed E-state index contributed by atoms with van der Waals surface area (Å²) in [7, 11) is 8.52. The highest BCUT2D eigenvalue weighted by Crippen LogP contribution is 2.43. The molecule has 0 atom stereocenters. The van der Waals surface area contributed by atoms with E-state index in [0.29, 0.717) is 62.4 Å². The number of hydrogen-bond donors (Lipinski definition) is 0. The molecule has 0 saturated heterocycles. The van der Waals surface area contributed by atoms with Crippen molar-refractivity contribution in [3.63, 3.8) is 0 Å². The normalized spacial score (nSPS) is 11.8. The molecule has 0 bridgehead atoms. The van der Waals surface area contributed by atoms with Crippen molar-refractivity contribution in [2.24, 2.45) is 20.5 Å². The average Bonchev–Trinajstić information content (AvgIpc) is 0.808. The van der Waals surface area contributed by atoms with Crippen molar-refractivity contribution in [3.8, 4) is 34.5 Å². The molecular weight excluding hydrogens is 1880 g/mol. The lowest BCUT2D eigenvalue weighted by Crippen LogP contribution is -2.38. The standard InChI is InChI=1S/C98H178N2O6.2C14H15N3O3S/c1-11-17-23-29-35-41-47-53-59-65-74-101-93-81-91(82-94(102-75-66-60-54-48-42-36-30-24-18-12-2)97(93)105-78-69-63-57-51-45-39-33-27-21-15-5)87-99(7,8)85-89-72-71-73-90(80-89)86-100(9,10)88-92-83-95(103-76-67-61-55-49-43-37-31-25-19-13-3)98(106-79-70-64-58-52-46-40-34-28-22-16-6)96(84-92)104-77-68-62-56-50-44-38-32-26-20-14-4;2*1-17(2)13-7-3-11(4-8-13)15-16-12-5-9-14(10-6-12)21(18,19)20/h71-73,80-84H,11-70,74-79,85-88H2,1-10H3;2*3-10H,1-2H3,(H,18,19,20)/q+2;;/p-2. The van der Waals surface area contributed by atoms with Crippen molar-refractivity contribution in [2.75, 3.05) is 106 Å². The maximum Gasteiger partial charge on any atom is 0.203 e. The number of nitrogens with zero attached hydrogens (tertiary/aromatic N) is 8. The van der Waals surface area contributed by atoms with Crippen LogP contribution >= 0.6 is 0 Å². The third-order valence-corrected chi connectivity index (χ3v) is 29.3. The molecule has 20 nitrogen and oxygen atoms in total. The van der Waals surface area contributed by atoms with Crippen molar-refractivity contribution >= 4 is 54.4 Å². The second kappa shape index (κ2) is 81.6. The van der Waals surface area contributed by atoms with Crippen LogP contribution in [0.5, 0.6) is 34.5 Å². The van der Waals surface area contributed by atoms with Crippen molar-refractivity contribution in [2.45, 2.75) is 463 Å². The minimum atomic E-state index is -4.43. The number of quaternary nitrogens is 2. The van der Waals surface area contributed by atoms with E-state index in [1.807, 2.05) is 86.5 Å². The molecule has 0 radical (unpaired) electrons. The maximum atomic E-state index is 10.8. The Balaban J connectivity index is 0.000000739. The van der Waals surface area contributed by atoms with Gasteiger partial charge < -0.3 is 56.3 Å². The molecule has 0 N–H and O–H groups in total. The predicted octanol–water partition coefficient (Wildman–Crippen LogP) is 37.2. The van der Waals surface area contributed by atoms with Crippen molar-refractivity contribution in [1.29, 1.82) is 0 Å². The highest BCUT2D eigenvalue weighted by molar-refractivity contribution is 7.86. The first kappa shape index (κ1) is 130. The molecular formula is C126H206N8O12S2. The van der Waals surface area contributed by atoms with Crippen LogP contribution in [0.1, 0.15) is 449 Å². The van der Waals surface area contributed by atoms with E-state index in [4.69, 9.17) is 28.4 Å². The monoisotopic (exact) mass is 2090 g/mol. The summed E-state index contributed by atoms with van der Waals surface area (Å²) >= 11 is 0. The van der Waals surface area contributed by atoms with Crippen molar-refractivity contribution in [3.05, 3.63) is 168 Å². The lowest BCUT2D eigenvalue weighted by molar-refractivity contribution is -0.917. The van der Waals surface area contributed by atoms with Crippen LogP contribution in [0.15, 0.2) is 176 Å².